The lowest BCUT2D eigenvalue weighted by Crippen LogP contribution is -2.54. The lowest BCUT2D eigenvalue weighted by atomic mass is 10.1. The first-order valence-corrected chi connectivity index (χ1v) is 28.1. The largest absolute Gasteiger partial charge is 0.511 e. The fraction of sp³-hybridized carbons (Fsp3) is 0.306. The maximum absolute atomic E-state index is 13.5. The molecular weight excluding hydrogens is 1040 g/mol. The second-order valence-electron chi connectivity index (χ2n) is 19.1. The zero-order valence-corrected chi connectivity index (χ0v) is 42.5. The number of hydrogen-bond donors (Lipinski definition) is 3. The van der Waals surface area contributed by atoms with E-state index in [9.17, 15) is 48.0 Å². The summed E-state index contributed by atoms with van der Waals surface area (Å²) in [4.78, 5) is 34.2. The number of amides is 2. The van der Waals surface area contributed by atoms with Crippen molar-refractivity contribution in [1.29, 1.82) is 0 Å². The Bertz CT molecular complexity index is 3910. The summed E-state index contributed by atoms with van der Waals surface area (Å²) >= 11 is 0. The van der Waals surface area contributed by atoms with Crippen LogP contribution >= 0.6 is 0 Å². The highest BCUT2D eigenvalue weighted by atomic mass is 32.2. The van der Waals surface area contributed by atoms with E-state index in [1.165, 1.54) is 45.6 Å². The molecule has 390 valence electrons. The van der Waals surface area contributed by atoms with Crippen LogP contribution in [0.4, 0.5) is 24.8 Å². The van der Waals surface area contributed by atoms with Gasteiger partial charge in [-0.3, -0.25) is 19.0 Å². The third kappa shape index (κ3) is 9.48. The van der Waals surface area contributed by atoms with E-state index in [0.717, 1.165) is 65.0 Å². The number of pyridine rings is 2. The smallest absolute Gasteiger partial charge is 0.312 e. The normalized spacial score (nSPS) is 16.8. The van der Waals surface area contributed by atoms with Gasteiger partial charge in [0.25, 0.3) is 20.0 Å². The molecular formula is C49H47F3N12O8S3. The van der Waals surface area contributed by atoms with Crippen LogP contribution < -0.4 is 16.0 Å². The Kier molecular flexibility index (Phi) is 12.3. The Balaban J connectivity index is 0.000000163. The van der Waals surface area contributed by atoms with Crippen LogP contribution in [-0.2, 0) is 39.7 Å². The molecule has 3 N–H and O–H groups in total. The van der Waals surface area contributed by atoms with Crippen molar-refractivity contribution in [3.63, 3.8) is 0 Å². The van der Waals surface area contributed by atoms with E-state index >= 15 is 0 Å². The van der Waals surface area contributed by atoms with E-state index in [1.54, 1.807) is 66.9 Å². The minimum Gasteiger partial charge on any atom is -0.312 e. The molecule has 2 aliphatic carbocycles. The molecule has 2 saturated carbocycles. The Morgan fingerprint density at radius 1 is 0.613 bits per heavy atom. The SMILES string of the molecule is Cc1ccc(S(=O)(=O)n2ccc3c(-c4cnn(C5CN(S(=O)(=O)C(F)(F)F)C5)c4)cc(NC(=O)C4CC4)nc32)cc1.Cc1ccc(S(=O)(=O)n2ccc3c(-c4cnn(C5CNC5)c4)cc(NC(=O)C4CC4)nc32)cc1. The number of aromatic nitrogens is 8. The molecule has 20 nitrogen and oxygen atoms in total. The number of nitrogens with zero attached hydrogens (tertiary/aromatic N) is 9. The summed E-state index contributed by atoms with van der Waals surface area (Å²) in [7, 11) is -13.4. The van der Waals surface area contributed by atoms with Crippen LogP contribution in [0.15, 0.2) is 120 Å². The van der Waals surface area contributed by atoms with Gasteiger partial charge in [0.15, 0.2) is 11.3 Å². The van der Waals surface area contributed by atoms with Crippen molar-refractivity contribution >= 4 is 75.6 Å². The number of aryl methyl sites for hydroxylation is 2. The summed E-state index contributed by atoms with van der Waals surface area (Å²) in [5.41, 5.74) is -0.640. The van der Waals surface area contributed by atoms with Gasteiger partial charge in [-0.05, 0) is 99.2 Å². The summed E-state index contributed by atoms with van der Waals surface area (Å²) < 4.78 is 122. The van der Waals surface area contributed by atoms with Gasteiger partial charge >= 0.3 is 15.5 Å². The lowest BCUT2D eigenvalue weighted by Gasteiger charge is -2.38. The first-order chi connectivity index (χ1) is 35.6. The topological polar surface area (TPSA) is 247 Å². The minimum atomic E-state index is -5.43. The Morgan fingerprint density at radius 3 is 1.40 bits per heavy atom. The third-order valence-corrected chi connectivity index (χ3v) is 18.5. The van der Waals surface area contributed by atoms with Crippen LogP contribution in [-0.4, -0.2) is 111 Å². The van der Waals surface area contributed by atoms with Crippen molar-refractivity contribution in [2.45, 2.75) is 66.9 Å². The number of rotatable bonds is 13. The van der Waals surface area contributed by atoms with Gasteiger partial charge in [-0.15, -0.1) is 0 Å². The number of benzene rings is 2. The number of hydrogen-bond acceptors (Lipinski definition) is 13. The fourth-order valence-corrected chi connectivity index (χ4v) is 12.3. The molecule has 6 aromatic heterocycles. The van der Waals surface area contributed by atoms with Gasteiger partial charge in [0, 0.05) is 84.7 Å². The number of nitrogens with one attached hydrogen (secondary N) is 3. The third-order valence-electron chi connectivity index (χ3n) is 13.6. The summed E-state index contributed by atoms with van der Waals surface area (Å²) in [5, 5.41) is 18.7. The van der Waals surface area contributed by atoms with E-state index in [-0.39, 0.29) is 50.6 Å². The first-order valence-electron chi connectivity index (χ1n) is 23.8. The first kappa shape index (κ1) is 49.9. The molecule has 2 saturated heterocycles. The van der Waals surface area contributed by atoms with E-state index in [0.29, 0.717) is 38.1 Å². The molecule has 0 spiro atoms. The zero-order chi connectivity index (χ0) is 52.8. The van der Waals surface area contributed by atoms with Crippen molar-refractivity contribution in [2.75, 3.05) is 36.8 Å². The Hall–Kier alpha value is -7.26. The van der Waals surface area contributed by atoms with Gasteiger partial charge in [0.1, 0.15) is 11.6 Å². The van der Waals surface area contributed by atoms with Crippen LogP contribution in [0.2, 0.25) is 0 Å². The van der Waals surface area contributed by atoms with Gasteiger partial charge < -0.3 is 16.0 Å². The van der Waals surface area contributed by atoms with Crippen molar-refractivity contribution in [3.05, 3.63) is 121 Å². The fourth-order valence-electron chi connectivity index (χ4n) is 8.70. The highest BCUT2D eigenvalue weighted by Gasteiger charge is 2.54. The number of halogens is 3. The number of carbonyl (C=O) groups is 2. The van der Waals surface area contributed by atoms with Gasteiger partial charge in [-0.25, -0.2) is 43.2 Å². The summed E-state index contributed by atoms with van der Waals surface area (Å²) in [6.07, 6.45) is 12.8. The summed E-state index contributed by atoms with van der Waals surface area (Å²) in [6.45, 7) is 4.66. The summed E-state index contributed by atoms with van der Waals surface area (Å²) in [5.74, 6) is -0.0139. The molecule has 26 heteroatoms. The van der Waals surface area contributed by atoms with Crippen LogP contribution in [0.3, 0.4) is 0 Å². The molecule has 2 aliphatic heterocycles. The average Bonchev–Trinajstić information content (AvgIpc) is 4.15. The highest BCUT2D eigenvalue weighted by Crippen LogP contribution is 2.39. The monoisotopic (exact) mass is 1080 g/mol. The van der Waals surface area contributed by atoms with Crippen LogP contribution in [0, 0.1) is 25.7 Å². The van der Waals surface area contributed by atoms with E-state index < -0.39 is 54.7 Å². The van der Waals surface area contributed by atoms with Crippen LogP contribution in [0.25, 0.3) is 44.3 Å². The molecule has 4 fully saturated rings. The Labute approximate surface area is 427 Å². The quantitative estimate of drug-likeness (QED) is 0.113. The zero-order valence-electron chi connectivity index (χ0n) is 40.0. The van der Waals surface area contributed by atoms with Gasteiger partial charge in [0.2, 0.25) is 11.8 Å². The lowest BCUT2D eigenvalue weighted by molar-refractivity contribution is -0.118. The number of alkyl halides is 3. The predicted octanol–water partition coefficient (Wildman–Crippen LogP) is 6.44. The molecule has 0 bridgehead atoms. The van der Waals surface area contributed by atoms with Gasteiger partial charge in [-0.1, -0.05) is 35.4 Å². The van der Waals surface area contributed by atoms with Crippen LogP contribution in [0.5, 0.6) is 0 Å². The van der Waals surface area contributed by atoms with Gasteiger partial charge in [-0.2, -0.15) is 27.7 Å². The van der Waals surface area contributed by atoms with Crippen molar-refractivity contribution < 1.29 is 48.0 Å². The molecule has 0 unspecified atom stereocenters. The van der Waals surface area contributed by atoms with Gasteiger partial charge in [0.05, 0.1) is 34.3 Å². The molecule has 75 heavy (non-hydrogen) atoms. The van der Waals surface area contributed by atoms with Crippen LogP contribution in [0.1, 0.15) is 48.9 Å². The van der Waals surface area contributed by atoms with E-state index in [4.69, 9.17) is 0 Å². The second kappa shape index (κ2) is 18.5. The van der Waals surface area contributed by atoms with E-state index in [2.05, 4.69) is 36.1 Å². The van der Waals surface area contributed by atoms with Crippen molar-refractivity contribution in [2.24, 2.45) is 11.8 Å². The number of anilines is 2. The molecule has 0 atom stereocenters. The predicted molar refractivity (Wildman–Crippen MR) is 270 cm³/mol. The highest BCUT2D eigenvalue weighted by molar-refractivity contribution is 7.90. The van der Waals surface area contributed by atoms with E-state index in [1.807, 2.05) is 24.7 Å². The molecule has 8 heterocycles. The molecule has 2 amide bonds. The second-order valence-corrected chi connectivity index (χ2v) is 24.7. The number of carbonyl (C=O) groups excluding carboxylic acids is 2. The Morgan fingerprint density at radius 2 is 1.03 bits per heavy atom. The molecule has 8 aromatic rings. The maximum Gasteiger partial charge on any atom is 0.511 e. The molecule has 2 aromatic carbocycles. The number of sulfonamides is 1. The molecule has 0 radical (unpaired) electrons. The molecule has 12 rings (SSSR count). The summed E-state index contributed by atoms with van der Waals surface area (Å²) in [6, 6.07) is 19.4. The average molecular weight is 1090 g/mol. The molecule has 4 aliphatic rings. The van der Waals surface area contributed by atoms with Crippen molar-refractivity contribution in [1.82, 2.24) is 47.1 Å². The maximum atomic E-state index is 13.5. The number of fused-ring (bicyclic) bond motifs is 2. The van der Waals surface area contributed by atoms with Crippen molar-refractivity contribution in [3.8, 4) is 22.3 Å². The standard InChI is InChI=1S/C25H23F3N6O5S2.C24H24N6O3S/c1-15-2-6-19(7-3-15)40(36,37)34-9-8-20-21(10-22(30-23(20)34)31-24(35)16-4-5-16)17-11-29-33(12-17)18-13-32(14-18)41(38,39)25(26,27)28;1-15-2-6-19(7-3-15)34(32,33)30-9-8-20-21(17-11-26-29(14-17)18-12-25-13-18)10-22(27-23(20)30)28-24(31)16-4-5-16/h2-3,6-12,16,18H,4-5,13-14H2,1H3,(H,30,31,35);2-3,6-11,14,16,18,25H,4-5,12-13H2,1H3,(H,27,28,31). The minimum absolute atomic E-state index is 0.00195.